The molecule has 0 atom stereocenters. The molecule has 0 N–H and O–H groups in total. The second-order valence-corrected chi connectivity index (χ2v) is 4.81. The van der Waals surface area contributed by atoms with E-state index < -0.39 is 0 Å². The lowest BCUT2D eigenvalue weighted by molar-refractivity contribution is 0.504. The van der Waals surface area contributed by atoms with E-state index in [9.17, 15) is 0 Å². The van der Waals surface area contributed by atoms with E-state index in [1.54, 1.807) is 0 Å². The van der Waals surface area contributed by atoms with Gasteiger partial charge in [-0.1, -0.05) is 31.2 Å². The molecule has 68 valence electrons. The van der Waals surface area contributed by atoms with Gasteiger partial charge in [-0.3, -0.25) is 0 Å². The van der Waals surface area contributed by atoms with Crippen molar-refractivity contribution in [2.24, 2.45) is 0 Å². The summed E-state index contributed by atoms with van der Waals surface area (Å²) in [5.74, 6) is 0. The zero-order chi connectivity index (χ0) is 8.81. The Bertz CT molecular complexity index is 158. The average molecular weight is 184 g/mol. The van der Waals surface area contributed by atoms with Gasteiger partial charge in [0.1, 0.15) is 0 Å². The Morgan fingerprint density at radius 2 is 2.08 bits per heavy atom. The van der Waals surface area contributed by atoms with E-state index in [-0.39, 0.29) is 0 Å². The molecular weight excluding hydrogens is 168 g/mol. The van der Waals surface area contributed by atoms with E-state index in [0.29, 0.717) is 6.54 Å². The first-order chi connectivity index (χ1) is 5.83. The van der Waals surface area contributed by atoms with Crippen LogP contribution in [-0.2, 0) is 0 Å². The molecule has 1 fully saturated rings. The largest absolute Gasteiger partial charge is 0.239 e. The van der Waals surface area contributed by atoms with Crippen LogP contribution in [0, 0.1) is 11.3 Å². The summed E-state index contributed by atoms with van der Waals surface area (Å²) < 4.78 is 2.05. The van der Waals surface area contributed by atoms with Crippen LogP contribution in [0.25, 0.3) is 0 Å². The molecule has 1 saturated carbocycles. The summed E-state index contributed by atoms with van der Waals surface area (Å²) >= 11 is 1.86. The maximum atomic E-state index is 8.46. The van der Waals surface area contributed by atoms with Gasteiger partial charge >= 0.3 is 0 Å². The van der Waals surface area contributed by atoms with Crippen LogP contribution in [0.4, 0.5) is 0 Å². The molecule has 0 saturated heterocycles. The number of hydrogen-bond acceptors (Lipinski definition) is 3. The van der Waals surface area contributed by atoms with Crippen LogP contribution in [0.3, 0.4) is 0 Å². The molecule has 0 heterocycles. The second-order valence-electron chi connectivity index (χ2n) is 3.31. The van der Waals surface area contributed by atoms with Gasteiger partial charge in [0.15, 0.2) is 0 Å². The van der Waals surface area contributed by atoms with Crippen molar-refractivity contribution in [3.63, 3.8) is 0 Å². The molecule has 0 spiro atoms. The van der Waals surface area contributed by atoms with Crippen molar-refractivity contribution in [3.05, 3.63) is 0 Å². The normalized spacial score (nSPS) is 19.4. The molecule has 2 nitrogen and oxygen atoms in total. The maximum Gasteiger partial charge on any atom is 0.0959 e. The van der Waals surface area contributed by atoms with Crippen molar-refractivity contribution >= 4 is 11.9 Å². The van der Waals surface area contributed by atoms with Crippen molar-refractivity contribution in [1.82, 2.24) is 4.31 Å². The number of hydrogen-bond donors (Lipinski definition) is 0. The fourth-order valence-electron chi connectivity index (χ4n) is 1.56. The second kappa shape index (κ2) is 5.45. The van der Waals surface area contributed by atoms with Gasteiger partial charge in [-0.05, 0) is 19.9 Å². The van der Waals surface area contributed by atoms with E-state index in [0.717, 1.165) is 5.25 Å². The molecule has 0 aliphatic heterocycles. The van der Waals surface area contributed by atoms with Crippen molar-refractivity contribution < 1.29 is 0 Å². The van der Waals surface area contributed by atoms with E-state index in [1.165, 1.54) is 32.1 Å². The Labute approximate surface area is 79.1 Å². The van der Waals surface area contributed by atoms with Crippen LogP contribution in [0.1, 0.15) is 32.1 Å². The summed E-state index contributed by atoms with van der Waals surface area (Å²) in [6.45, 7) is 0.543. The standard InChI is InChI=1S/C9H16N2S/c1-11(8-7-10)12-9-5-3-2-4-6-9/h9H,2-6,8H2,1H3. The van der Waals surface area contributed by atoms with Crippen molar-refractivity contribution in [2.75, 3.05) is 13.6 Å². The quantitative estimate of drug-likeness (QED) is 0.498. The van der Waals surface area contributed by atoms with E-state index >= 15 is 0 Å². The zero-order valence-corrected chi connectivity index (χ0v) is 8.44. The van der Waals surface area contributed by atoms with Crippen LogP contribution in [0.2, 0.25) is 0 Å². The van der Waals surface area contributed by atoms with Gasteiger partial charge in [0.25, 0.3) is 0 Å². The summed E-state index contributed by atoms with van der Waals surface area (Å²) in [6.07, 6.45) is 6.82. The minimum atomic E-state index is 0.543. The fourth-order valence-corrected chi connectivity index (χ4v) is 2.75. The van der Waals surface area contributed by atoms with Gasteiger partial charge in [-0.25, -0.2) is 4.31 Å². The number of rotatable bonds is 3. The highest BCUT2D eigenvalue weighted by Crippen LogP contribution is 2.29. The Morgan fingerprint density at radius 3 is 2.67 bits per heavy atom. The topological polar surface area (TPSA) is 27.0 Å². The molecule has 0 aromatic carbocycles. The molecule has 1 aliphatic carbocycles. The fraction of sp³-hybridized carbons (Fsp3) is 0.889. The SMILES string of the molecule is CN(CC#N)SC1CCCCC1. The average Bonchev–Trinajstić information content (AvgIpc) is 2.06. The highest BCUT2D eigenvalue weighted by molar-refractivity contribution is 7.97. The molecule has 1 rings (SSSR count). The molecule has 0 aromatic rings. The van der Waals surface area contributed by atoms with E-state index in [2.05, 4.69) is 10.4 Å². The third-order valence-electron chi connectivity index (χ3n) is 2.17. The molecule has 0 bridgehead atoms. The van der Waals surface area contributed by atoms with E-state index in [1.807, 2.05) is 19.0 Å². The molecular formula is C9H16N2S. The summed E-state index contributed by atoms with van der Waals surface area (Å²) in [4.78, 5) is 0. The van der Waals surface area contributed by atoms with Crippen LogP contribution in [-0.4, -0.2) is 23.1 Å². The summed E-state index contributed by atoms with van der Waals surface area (Å²) in [7, 11) is 2.00. The van der Waals surface area contributed by atoms with Crippen LogP contribution in [0.5, 0.6) is 0 Å². The van der Waals surface area contributed by atoms with Crippen LogP contribution >= 0.6 is 11.9 Å². The molecule has 0 amide bonds. The number of nitrogens with zero attached hydrogens (tertiary/aromatic N) is 2. The van der Waals surface area contributed by atoms with Gasteiger partial charge in [0, 0.05) is 5.25 Å². The lowest BCUT2D eigenvalue weighted by atomic mass is 10.0. The Kier molecular flexibility index (Phi) is 4.49. The predicted molar refractivity (Wildman–Crippen MR) is 52.7 cm³/mol. The van der Waals surface area contributed by atoms with Gasteiger partial charge < -0.3 is 0 Å². The third kappa shape index (κ3) is 3.46. The smallest absolute Gasteiger partial charge is 0.0959 e. The first kappa shape index (κ1) is 9.88. The third-order valence-corrected chi connectivity index (χ3v) is 3.43. The van der Waals surface area contributed by atoms with Crippen LogP contribution in [0.15, 0.2) is 0 Å². The minimum absolute atomic E-state index is 0.543. The van der Waals surface area contributed by atoms with Crippen molar-refractivity contribution in [2.45, 2.75) is 37.4 Å². The Balaban J connectivity index is 2.16. The van der Waals surface area contributed by atoms with Crippen molar-refractivity contribution in [3.8, 4) is 6.07 Å². The summed E-state index contributed by atoms with van der Waals surface area (Å²) in [5.41, 5.74) is 0. The monoisotopic (exact) mass is 184 g/mol. The summed E-state index contributed by atoms with van der Waals surface area (Å²) in [6, 6.07) is 2.16. The predicted octanol–water partition coefficient (Wildman–Crippen LogP) is 2.42. The number of nitriles is 1. The first-order valence-electron chi connectivity index (χ1n) is 4.58. The van der Waals surface area contributed by atoms with Gasteiger partial charge in [-0.15, -0.1) is 0 Å². The van der Waals surface area contributed by atoms with Gasteiger partial charge in [0.05, 0.1) is 12.6 Å². The molecule has 0 radical (unpaired) electrons. The first-order valence-corrected chi connectivity index (χ1v) is 5.41. The molecule has 0 aromatic heterocycles. The Hall–Kier alpha value is -0.200. The lowest BCUT2D eigenvalue weighted by Crippen LogP contribution is -2.17. The molecule has 3 heteroatoms. The van der Waals surface area contributed by atoms with Gasteiger partial charge in [0.2, 0.25) is 0 Å². The van der Waals surface area contributed by atoms with Gasteiger partial charge in [-0.2, -0.15) is 5.26 Å². The molecule has 0 unspecified atom stereocenters. The van der Waals surface area contributed by atoms with Crippen molar-refractivity contribution in [1.29, 1.82) is 5.26 Å². The highest BCUT2D eigenvalue weighted by atomic mass is 32.2. The zero-order valence-electron chi connectivity index (χ0n) is 7.62. The molecule has 1 aliphatic rings. The highest BCUT2D eigenvalue weighted by Gasteiger charge is 2.15. The lowest BCUT2D eigenvalue weighted by Gasteiger charge is -2.24. The van der Waals surface area contributed by atoms with Crippen LogP contribution < -0.4 is 0 Å². The summed E-state index contributed by atoms with van der Waals surface area (Å²) in [5, 5.41) is 9.24. The maximum absolute atomic E-state index is 8.46. The molecule has 12 heavy (non-hydrogen) atoms. The Morgan fingerprint density at radius 1 is 1.42 bits per heavy atom. The minimum Gasteiger partial charge on any atom is -0.239 e. The van der Waals surface area contributed by atoms with E-state index in [4.69, 9.17) is 5.26 Å².